The molecule has 0 aliphatic heterocycles. The molecule has 0 radical (unpaired) electrons. The monoisotopic (exact) mass is 304 g/mol. The van der Waals surface area contributed by atoms with Crippen LogP contribution >= 0.6 is 23.2 Å². The Morgan fingerprint density at radius 1 is 1.22 bits per heavy atom. The molecule has 0 aliphatic carbocycles. The Morgan fingerprint density at radius 3 is 2.44 bits per heavy atom. The first-order valence-corrected chi connectivity index (χ1v) is 9.07. The van der Waals surface area contributed by atoms with Gasteiger partial charge in [0.2, 0.25) is 0 Å². The lowest BCUT2D eigenvalue weighted by Gasteiger charge is -2.03. The Labute approximate surface area is 120 Å². The molecule has 0 fully saturated rings. The number of halogens is 2. The number of carboxylic acid groups (broad SMARTS) is 1. The maximum atomic E-state index is 10.7. The molecule has 1 aromatic carbocycles. The highest BCUT2D eigenvalue weighted by atomic mass is 35.5. The minimum atomic E-state index is -0.868. The molecule has 2 nitrogen and oxygen atoms in total. The molecular formula is C13H18Cl2O2Si. The van der Waals surface area contributed by atoms with E-state index in [1.165, 1.54) is 17.7 Å². The van der Waals surface area contributed by atoms with E-state index in [0.717, 1.165) is 19.3 Å². The average molecular weight is 305 g/mol. The van der Waals surface area contributed by atoms with Crippen molar-refractivity contribution in [2.24, 2.45) is 0 Å². The van der Waals surface area contributed by atoms with Crippen LogP contribution in [0.25, 0.3) is 0 Å². The van der Waals surface area contributed by atoms with E-state index in [2.05, 4.69) is 0 Å². The largest absolute Gasteiger partial charge is 0.478 e. The van der Waals surface area contributed by atoms with Gasteiger partial charge in [-0.05, 0) is 30.5 Å². The first-order valence-electron chi connectivity index (χ1n) is 6.20. The van der Waals surface area contributed by atoms with Crippen LogP contribution in [0.15, 0.2) is 24.3 Å². The number of aryl methyl sites for hydroxylation is 1. The maximum absolute atomic E-state index is 10.7. The van der Waals surface area contributed by atoms with Crippen LogP contribution in [0.2, 0.25) is 12.1 Å². The highest BCUT2D eigenvalue weighted by Gasteiger charge is 2.02. The smallest absolute Gasteiger partial charge is 0.335 e. The molecule has 0 spiro atoms. The fourth-order valence-electron chi connectivity index (χ4n) is 1.80. The van der Waals surface area contributed by atoms with Crippen molar-refractivity contribution in [1.82, 2.24) is 0 Å². The number of carbonyl (C=O) groups is 1. The summed E-state index contributed by atoms with van der Waals surface area (Å²) in [4.78, 5) is 10.5. The second-order valence-electron chi connectivity index (χ2n) is 4.35. The van der Waals surface area contributed by atoms with Gasteiger partial charge in [-0.2, -0.15) is 0 Å². The molecule has 0 aromatic heterocycles. The van der Waals surface area contributed by atoms with Crippen LogP contribution in [0.5, 0.6) is 0 Å². The summed E-state index contributed by atoms with van der Waals surface area (Å²) in [5.74, 6) is -0.868. The quantitative estimate of drug-likeness (QED) is 0.453. The van der Waals surface area contributed by atoms with Gasteiger partial charge in [0.05, 0.1) is 5.56 Å². The molecule has 18 heavy (non-hydrogen) atoms. The Morgan fingerprint density at radius 2 is 1.89 bits per heavy atom. The summed E-state index contributed by atoms with van der Waals surface area (Å²) in [6, 6.07) is 9.69. The molecule has 0 heterocycles. The van der Waals surface area contributed by atoms with Gasteiger partial charge in [-0.25, -0.2) is 4.79 Å². The van der Waals surface area contributed by atoms with Crippen LogP contribution in [0.3, 0.4) is 0 Å². The zero-order valence-corrected chi connectivity index (χ0v) is 13.2. The van der Waals surface area contributed by atoms with Crippen LogP contribution < -0.4 is 0 Å². The van der Waals surface area contributed by atoms with Crippen molar-refractivity contribution in [3.63, 3.8) is 0 Å². The average Bonchev–Trinajstić information content (AvgIpc) is 2.34. The van der Waals surface area contributed by atoms with E-state index in [1.54, 1.807) is 12.1 Å². The van der Waals surface area contributed by atoms with Gasteiger partial charge in [-0.1, -0.05) is 30.6 Å². The van der Waals surface area contributed by atoms with Gasteiger partial charge >= 0.3 is 5.97 Å². The van der Waals surface area contributed by atoms with Crippen LogP contribution in [0, 0.1) is 0 Å². The van der Waals surface area contributed by atoms with Crippen LogP contribution in [-0.4, -0.2) is 25.4 Å². The Kier molecular flexibility index (Phi) is 7.40. The Balaban J connectivity index is 2.17. The molecule has 1 rings (SSSR count). The molecule has 0 unspecified atom stereocenters. The van der Waals surface area contributed by atoms with Gasteiger partial charge in [0.15, 0.2) is 0 Å². The summed E-state index contributed by atoms with van der Waals surface area (Å²) in [5.41, 5.74) is 1.58. The zero-order valence-electron chi connectivity index (χ0n) is 10.2. The van der Waals surface area contributed by atoms with Crippen LogP contribution in [0.4, 0.5) is 0 Å². The molecule has 1 N–H and O–H groups in total. The predicted octanol–water partition coefficient (Wildman–Crippen LogP) is 3.52. The van der Waals surface area contributed by atoms with E-state index < -0.39 is 5.97 Å². The Hall–Kier alpha value is -0.513. The summed E-state index contributed by atoms with van der Waals surface area (Å²) in [6.45, 7) is 0. The van der Waals surface area contributed by atoms with E-state index in [0.29, 0.717) is 5.56 Å². The number of aromatic carboxylic acids is 1. The standard InChI is InChI=1S/C13H18Cl2O2Si/c14-12(15)2-1-8-18-9-7-10-3-5-11(6-4-10)13(16)17/h3-6,12H,1-2,7-9,18H2,(H,16,17). The molecule has 0 bridgehead atoms. The number of alkyl halides is 2. The Bertz CT molecular complexity index is 366. The second-order valence-corrected chi connectivity index (χ2v) is 7.74. The molecule has 1 aromatic rings. The second kappa shape index (κ2) is 8.56. The van der Waals surface area contributed by atoms with Gasteiger partial charge in [0.25, 0.3) is 0 Å². The SMILES string of the molecule is O=C(O)c1ccc(CC[SiH2]CCCC(Cl)Cl)cc1. The molecule has 0 aliphatic rings. The van der Waals surface area contributed by atoms with Crippen molar-refractivity contribution >= 4 is 38.7 Å². The topological polar surface area (TPSA) is 37.3 Å². The normalized spacial score (nSPS) is 11.5. The van der Waals surface area contributed by atoms with Gasteiger partial charge < -0.3 is 5.11 Å². The lowest BCUT2D eigenvalue weighted by Crippen LogP contribution is -1.97. The van der Waals surface area contributed by atoms with Gasteiger partial charge in [0, 0.05) is 9.52 Å². The molecule has 0 atom stereocenters. The fourth-order valence-corrected chi connectivity index (χ4v) is 3.76. The van der Waals surface area contributed by atoms with E-state index in [4.69, 9.17) is 28.3 Å². The molecule has 0 saturated carbocycles. The number of benzene rings is 1. The highest BCUT2D eigenvalue weighted by Crippen LogP contribution is 2.12. The van der Waals surface area contributed by atoms with E-state index in [1.807, 2.05) is 12.1 Å². The third kappa shape index (κ3) is 6.43. The van der Waals surface area contributed by atoms with E-state index >= 15 is 0 Å². The van der Waals surface area contributed by atoms with E-state index in [9.17, 15) is 4.79 Å². The number of hydrogen-bond donors (Lipinski definition) is 1. The molecule has 0 amide bonds. The number of hydrogen-bond acceptors (Lipinski definition) is 1. The van der Waals surface area contributed by atoms with Crippen molar-refractivity contribution in [2.75, 3.05) is 0 Å². The summed E-state index contributed by atoms with van der Waals surface area (Å²) in [5, 5.41) is 8.78. The zero-order chi connectivity index (χ0) is 13.4. The lowest BCUT2D eigenvalue weighted by atomic mass is 10.1. The maximum Gasteiger partial charge on any atom is 0.335 e. The fraction of sp³-hybridized carbons (Fsp3) is 0.462. The molecule has 0 saturated heterocycles. The number of rotatable bonds is 8. The third-order valence-electron chi connectivity index (χ3n) is 2.84. The summed E-state index contributed by atoms with van der Waals surface area (Å²) >= 11 is 11.3. The summed E-state index contributed by atoms with van der Waals surface area (Å²) < 4.78 is 0. The number of carboxylic acids is 1. The first kappa shape index (κ1) is 15.5. The van der Waals surface area contributed by atoms with Crippen molar-refractivity contribution in [1.29, 1.82) is 0 Å². The first-order chi connectivity index (χ1) is 8.59. The van der Waals surface area contributed by atoms with Crippen molar-refractivity contribution < 1.29 is 9.90 Å². The van der Waals surface area contributed by atoms with Crippen LogP contribution in [-0.2, 0) is 6.42 Å². The van der Waals surface area contributed by atoms with Crippen molar-refractivity contribution in [3.05, 3.63) is 35.4 Å². The lowest BCUT2D eigenvalue weighted by molar-refractivity contribution is 0.0697. The highest BCUT2D eigenvalue weighted by molar-refractivity contribution is 6.44. The van der Waals surface area contributed by atoms with Gasteiger partial charge in [-0.3, -0.25) is 0 Å². The van der Waals surface area contributed by atoms with Crippen molar-refractivity contribution in [2.45, 2.75) is 36.2 Å². The van der Waals surface area contributed by atoms with Crippen LogP contribution in [0.1, 0.15) is 28.8 Å². The summed E-state index contributed by atoms with van der Waals surface area (Å²) in [7, 11) is -0.0344. The van der Waals surface area contributed by atoms with Gasteiger partial charge in [0.1, 0.15) is 4.84 Å². The molecular weight excluding hydrogens is 287 g/mol. The van der Waals surface area contributed by atoms with E-state index in [-0.39, 0.29) is 14.4 Å². The minimum absolute atomic E-state index is 0.0344. The van der Waals surface area contributed by atoms with Crippen molar-refractivity contribution in [3.8, 4) is 0 Å². The van der Waals surface area contributed by atoms with Gasteiger partial charge in [-0.15, -0.1) is 23.2 Å². The summed E-state index contributed by atoms with van der Waals surface area (Å²) in [6.07, 6.45) is 3.07. The molecule has 5 heteroatoms. The third-order valence-corrected chi connectivity index (χ3v) is 5.13. The molecule has 100 valence electrons. The minimum Gasteiger partial charge on any atom is -0.478 e. The predicted molar refractivity (Wildman–Crippen MR) is 80.0 cm³/mol.